The summed E-state index contributed by atoms with van der Waals surface area (Å²) in [7, 11) is 0. The topological polar surface area (TPSA) is 48.6 Å². The van der Waals surface area contributed by atoms with Crippen LogP contribution in [0, 0.1) is 0 Å². The van der Waals surface area contributed by atoms with Gasteiger partial charge < -0.3 is 9.97 Å². The van der Waals surface area contributed by atoms with Crippen molar-refractivity contribution >= 4 is 27.6 Å². The zero-order valence-electron chi connectivity index (χ0n) is 13.3. The molecule has 0 saturated carbocycles. The van der Waals surface area contributed by atoms with Crippen molar-refractivity contribution < 1.29 is 4.79 Å². The van der Waals surface area contributed by atoms with Crippen molar-refractivity contribution in [1.29, 1.82) is 0 Å². The van der Waals surface area contributed by atoms with E-state index in [0.29, 0.717) is 0 Å². The number of para-hydroxylation sites is 2. The lowest BCUT2D eigenvalue weighted by atomic mass is 9.82. The van der Waals surface area contributed by atoms with Crippen molar-refractivity contribution in [3.63, 3.8) is 0 Å². The van der Waals surface area contributed by atoms with E-state index in [0.717, 1.165) is 46.9 Å². The maximum atomic E-state index is 13.3. The summed E-state index contributed by atoms with van der Waals surface area (Å²) >= 11 is 0. The molecule has 2 N–H and O–H groups in total. The smallest absolute Gasteiger partial charge is 0.173 e. The van der Waals surface area contributed by atoms with E-state index in [4.69, 9.17) is 0 Å². The van der Waals surface area contributed by atoms with Gasteiger partial charge in [-0.3, -0.25) is 4.79 Å². The molecule has 0 amide bonds. The lowest BCUT2D eigenvalue weighted by molar-refractivity contribution is 0.0951. The van der Waals surface area contributed by atoms with E-state index < -0.39 is 0 Å². The van der Waals surface area contributed by atoms with Crippen LogP contribution in [0.15, 0.2) is 54.7 Å². The average Bonchev–Trinajstić information content (AvgIpc) is 3.22. The molecule has 0 spiro atoms. The zero-order valence-corrected chi connectivity index (χ0v) is 13.3. The molecule has 0 radical (unpaired) electrons. The Kier molecular flexibility index (Phi) is 2.89. The lowest BCUT2D eigenvalue weighted by Gasteiger charge is -2.21. The van der Waals surface area contributed by atoms with Crippen molar-refractivity contribution in [2.45, 2.75) is 25.2 Å². The number of benzene rings is 2. The average molecular weight is 314 g/mol. The minimum absolute atomic E-state index is 0.0691. The first-order chi connectivity index (χ1) is 11.8. The fourth-order valence-electron chi connectivity index (χ4n) is 4.14. The third-order valence-electron chi connectivity index (χ3n) is 5.29. The number of rotatable bonds is 2. The fourth-order valence-corrected chi connectivity index (χ4v) is 4.14. The van der Waals surface area contributed by atoms with Crippen LogP contribution in [-0.4, -0.2) is 15.8 Å². The number of aryl methyl sites for hydroxylation is 1. The van der Waals surface area contributed by atoms with Crippen molar-refractivity contribution in [3.05, 3.63) is 71.5 Å². The Morgan fingerprint density at radius 1 is 0.958 bits per heavy atom. The van der Waals surface area contributed by atoms with Crippen LogP contribution in [0.5, 0.6) is 0 Å². The molecule has 1 unspecified atom stereocenters. The molecule has 4 aromatic rings. The van der Waals surface area contributed by atoms with Crippen LogP contribution in [-0.2, 0) is 6.42 Å². The molecule has 3 nitrogen and oxygen atoms in total. The number of ketones is 1. The largest absolute Gasteiger partial charge is 0.360 e. The van der Waals surface area contributed by atoms with Gasteiger partial charge in [0.05, 0.1) is 5.92 Å². The standard InChI is InChI=1S/C21H18N2O/c24-21(17-12-22-18-10-3-1-7-14(17)18)16-9-5-8-15-13-6-2-4-11-19(13)23-20(15)16/h1-4,6-7,10-12,16,22-23H,5,8-9H2. The normalized spacial score (nSPS) is 17.2. The molecule has 2 aromatic carbocycles. The highest BCUT2D eigenvalue weighted by Crippen LogP contribution is 2.38. The second kappa shape index (κ2) is 5.10. The number of hydrogen-bond acceptors (Lipinski definition) is 1. The monoisotopic (exact) mass is 314 g/mol. The predicted molar refractivity (Wildman–Crippen MR) is 96.6 cm³/mol. The molecule has 1 aliphatic rings. The van der Waals surface area contributed by atoms with Crippen LogP contribution in [0.1, 0.15) is 40.4 Å². The van der Waals surface area contributed by atoms with E-state index >= 15 is 0 Å². The first-order valence-corrected chi connectivity index (χ1v) is 8.53. The number of Topliss-reactive ketones (excluding diaryl/α,β-unsaturated/α-hetero) is 1. The molecule has 1 atom stereocenters. The van der Waals surface area contributed by atoms with Gasteiger partial charge in [-0.2, -0.15) is 0 Å². The second-order valence-electron chi connectivity index (χ2n) is 6.62. The third-order valence-corrected chi connectivity index (χ3v) is 5.29. The van der Waals surface area contributed by atoms with Gasteiger partial charge in [-0.05, 0) is 37.0 Å². The maximum absolute atomic E-state index is 13.3. The van der Waals surface area contributed by atoms with Gasteiger partial charge in [0.25, 0.3) is 0 Å². The van der Waals surface area contributed by atoms with E-state index in [1.807, 2.05) is 36.5 Å². The molecular weight excluding hydrogens is 296 g/mol. The van der Waals surface area contributed by atoms with Crippen LogP contribution >= 0.6 is 0 Å². The molecule has 2 aromatic heterocycles. The van der Waals surface area contributed by atoms with E-state index in [1.54, 1.807) is 0 Å². The van der Waals surface area contributed by atoms with Crippen LogP contribution < -0.4 is 0 Å². The Bertz CT molecular complexity index is 1070. The Morgan fingerprint density at radius 2 is 1.71 bits per heavy atom. The minimum atomic E-state index is -0.0691. The Balaban J connectivity index is 1.65. The Morgan fingerprint density at radius 3 is 2.58 bits per heavy atom. The highest BCUT2D eigenvalue weighted by molar-refractivity contribution is 6.11. The molecule has 24 heavy (non-hydrogen) atoms. The number of aromatic nitrogens is 2. The van der Waals surface area contributed by atoms with E-state index in [9.17, 15) is 4.79 Å². The number of carbonyl (C=O) groups is 1. The third kappa shape index (κ3) is 1.88. The molecule has 0 saturated heterocycles. The van der Waals surface area contributed by atoms with Crippen molar-refractivity contribution in [2.24, 2.45) is 0 Å². The van der Waals surface area contributed by atoms with Gasteiger partial charge in [-0.15, -0.1) is 0 Å². The van der Waals surface area contributed by atoms with Crippen molar-refractivity contribution in [3.8, 4) is 0 Å². The highest BCUT2D eigenvalue weighted by atomic mass is 16.1. The summed E-state index contributed by atoms with van der Waals surface area (Å²) in [6.07, 6.45) is 4.90. The molecule has 0 aliphatic heterocycles. The van der Waals surface area contributed by atoms with Gasteiger partial charge in [0.1, 0.15) is 0 Å². The summed E-state index contributed by atoms with van der Waals surface area (Å²) in [5.41, 5.74) is 5.42. The number of nitrogens with one attached hydrogen (secondary N) is 2. The summed E-state index contributed by atoms with van der Waals surface area (Å²) in [6.45, 7) is 0. The predicted octanol–water partition coefficient (Wildman–Crippen LogP) is 4.95. The first kappa shape index (κ1) is 13.6. The van der Waals surface area contributed by atoms with Gasteiger partial charge >= 0.3 is 0 Å². The summed E-state index contributed by atoms with van der Waals surface area (Å²) in [5.74, 6) is 0.153. The molecule has 0 bridgehead atoms. The van der Waals surface area contributed by atoms with Crippen LogP contribution in [0.3, 0.4) is 0 Å². The lowest BCUT2D eigenvalue weighted by Crippen LogP contribution is -2.18. The minimum Gasteiger partial charge on any atom is -0.360 e. The Labute approximate surface area is 139 Å². The number of H-pyrrole nitrogens is 2. The second-order valence-corrected chi connectivity index (χ2v) is 6.62. The van der Waals surface area contributed by atoms with E-state index in [-0.39, 0.29) is 11.7 Å². The summed E-state index contributed by atoms with van der Waals surface area (Å²) in [4.78, 5) is 20.0. The van der Waals surface area contributed by atoms with Gasteiger partial charge in [-0.1, -0.05) is 36.4 Å². The fraction of sp³-hybridized carbons (Fsp3) is 0.190. The van der Waals surface area contributed by atoms with Gasteiger partial charge in [0, 0.05) is 39.3 Å². The SMILES string of the molecule is O=C(c1c[nH]c2ccccc12)C1CCCc2c1[nH]c1ccccc21. The van der Waals surface area contributed by atoms with Crippen molar-refractivity contribution in [2.75, 3.05) is 0 Å². The number of aromatic amines is 2. The number of carbonyl (C=O) groups excluding carboxylic acids is 1. The molecule has 0 fully saturated rings. The summed E-state index contributed by atoms with van der Waals surface area (Å²) < 4.78 is 0. The Hall–Kier alpha value is -2.81. The summed E-state index contributed by atoms with van der Waals surface area (Å²) in [6, 6.07) is 16.4. The van der Waals surface area contributed by atoms with Crippen LogP contribution in [0.2, 0.25) is 0 Å². The van der Waals surface area contributed by atoms with Gasteiger partial charge in [-0.25, -0.2) is 0 Å². The first-order valence-electron chi connectivity index (χ1n) is 8.53. The van der Waals surface area contributed by atoms with Crippen LogP contribution in [0.25, 0.3) is 21.8 Å². The molecule has 5 rings (SSSR count). The summed E-state index contributed by atoms with van der Waals surface area (Å²) in [5, 5.41) is 2.29. The van der Waals surface area contributed by atoms with Crippen molar-refractivity contribution in [1.82, 2.24) is 9.97 Å². The molecule has 2 heterocycles. The molecule has 118 valence electrons. The molecular formula is C21H18N2O. The van der Waals surface area contributed by atoms with E-state index in [1.165, 1.54) is 10.9 Å². The van der Waals surface area contributed by atoms with Crippen LogP contribution in [0.4, 0.5) is 0 Å². The maximum Gasteiger partial charge on any atom is 0.173 e. The highest BCUT2D eigenvalue weighted by Gasteiger charge is 2.31. The van der Waals surface area contributed by atoms with Gasteiger partial charge in [0.2, 0.25) is 0 Å². The van der Waals surface area contributed by atoms with Gasteiger partial charge in [0.15, 0.2) is 5.78 Å². The quantitative estimate of drug-likeness (QED) is 0.505. The number of fused-ring (bicyclic) bond motifs is 4. The molecule has 1 aliphatic carbocycles. The number of hydrogen-bond donors (Lipinski definition) is 2. The van der Waals surface area contributed by atoms with E-state index in [2.05, 4.69) is 28.2 Å². The zero-order chi connectivity index (χ0) is 16.1. The molecule has 3 heteroatoms.